The van der Waals surface area contributed by atoms with Crippen LogP contribution in [0, 0.1) is 5.92 Å². The second-order valence-corrected chi connectivity index (χ2v) is 15.6. The number of carboxylic acids is 1. The van der Waals surface area contributed by atoms with Gasteiger partial charge in [0.25, 0.3) is 0 Å². The molecule has 4 aromatic carbocycles. The summed E-state index contributed by atoms with van der Waals surface area (Å²) in [5, 5.41) is 21.9. The quantitative estimate of drug-likeness (QED) is 0.125. The Labute approximate surface area is 341 Å². The minimum atomic E-state index is -4.62. The molecule has 2 bridgehead atoms. The van der Waals surface area contributed by atoms with Crippen molar-refractivity contribution < 1.29 is 47.0 Å². The molecule has 5 aromatic rings. The van der Waals surface area contributed by atoms with Gasteiger partial charge in [-0.1, -0.05) is 72.8 Å². The number of benzene rings is 4. The number of hydrogen-bond acceptors (Lipinski definition) is 7. The number of aliphatic carboxylic acids is 1. The monoisotopic (exact) mass is 826 g/mol. The maximum Gasteiger partial charge on any atom is 0.416 e. The van der Waals surface area contributed by atoms with E-state index in [1.807, 2.05) is 30.3 Å². The molecule has 15 heteroatoms. The molecule has 0 unspecified atom stereocenters. The maximum atomic E-state index is 14.3. The number of carbonyl (C=O) groups excluding carboxylic acids is 5. The number of fused-ring (bicyclic) bond motifs is 19. The molecule has 0 aliphatic carbocycles. The topological polar surface area (TPSA) is 171 Å². The highest BCUT2D eigenvalue weighted by Crippen LogP contribution is 2.30. The van der Waals surface area contributed by atoms with Gasteiger partial charge in [-0.05, 0) is 71.3 Å². The lowest BCUT2D eigenvalue weighted by atomic mass is 9.90. The van der Waals surface area contributed by atoms with Gasteiger partial charge in [0.1, 0.15) is 12.1 Å². The van der Waals surface area contributed by atoms with Gasteiger partial charge in [-0.3, -0.25) is 28.8 Å². The molecular weight excluding hydrogens is 786 g/mol. The lowest BCUT2D eigenvalue weighted by Crippen LogP contribution is -2.57. The zero-order chi connectivity index (χ0) is 42.1. The van der Waals surface area contributed by atoms with Crippen LogP contribution in [0.4, 0.5) is 18.9 Å². The van der Waals surface area contributed by atoms with Crippen molar-refractivity contribution in [3.63, 3.8) is 0 Å². The summed E-state index contributed by atoms with van der Waals surface area (Å²) in [5.41, 5.74) is 0.957. The number of alkyl halides is 3. The normalized spacial score (nSPS) is 20.2. The molecule has 3 heterocycles. The molecular formula is C44H41F3N4O7S. The summed E-state index contributed by atoms with van der Waals surface area (Å²) in [4.78, 5) is 82.0. The minimum Gasteiger partial charge on any atom is -0.481 e. The van der Waals surface area contributed by atoms with Crippen LogP contribution in [0.15, 0.2) is 109 Å². The fourth-order valence-corrected chi connectivity index (χ4v) is 7.93. The molecule has 5 N–H and O–H groups in total. The summed E-state index contributed by atoms with van der Waals surface area (Å²) in [5.74, 6) is -5.80. The summed E-state index contributed by atoms with van der Waals surface area (Å²) in [6.45, 7) is 0. The summed E-state index contributed by atoms with van der Waals surface area (Å²) in [7, 11) is 0. The number of rotatable bonds is 7. The van der Waals surface area contributed by atoms with Crippen LogP contribution in [-0.4, -0.2) is 58.6 Å². The van der Waals surface area contributed by atoms with Gasteiger partial charge in [0.15, 0.2) is 5.78 Å². The summed E-state index contributed by atoms with van der Waals surface area (Å²) in [6, 6.07) is 24.6. The van der Waals surface area contributed by atoms with E-state index in [0.29, 0.717) is 16.8 Å². The Morgan fingerprint density at radius 1 is 0.661 bits per heavy atom. The van der Waals surface area contributed by atoms with Gasteiger partial charge < -0.3 is 26.4 Å². The molecule has 4 atom stereocenters. The number of carboxylic acid groups (broad SMARTS) is 1. The van der Waals surface area contributed by atoms with E-state index in [-0.39, 0.29) is 44.1 Å². The molecule has 0 saturated carbocycles. The molecule has 11 nitrogen and oxygen atoms in total. The SMILES string of the molecule is O=C1CCC(=O)N[C@H](Cc2cc3ccccc3s2)C(=O)N[C@@H](Cc2ccc(C(F)(F)F)cc2)C(=O)N[C@H](Cc2ccccc2)C(=O)C[C@H](C(=O)O)Cc2ccc(cc2)N1. The zero-order valence-corrected chi connectivity index (χ0v) is 32.4. The van der Waals surface area contributed by atoms with E-state index in [9.17, 15) is 47.0 Å². The Balaban J connectivity index is 1.36. The first-order valence-corrected chi connectivity index (χ1v) is 19.7. The fraction of sp³-hybridized carbons (Fsp3) is 0.273. The summed E-state index contributed by atoms with van der Waals surface area (Å²) < 4.78 is 41.3. The van der Waals surface area contributed by atoms with E-state index >= 15 is 0 Å². The largest absolute Gasteiger partial charge is 0.481 e. The molecule has 0 radical (unpaired) electrons. The highest BCUT2D eigenvalue weighted by molar-refractivity contribution is 7.19. The molecule has 0 saturated heterocycles. The van der Waals surface area contributed by atoms with Crippen molar-refractivity contribution in [2.24, 2.45) is 5.92 Å². The van der Waals surface area contributed by atoms with E-state index in [0.717, 1.165) is 27.1 Å². The van der Waals surface area contributed by atoms with Gasteiger partial charge in [0.05, 0.1) is 17.5 Å². The number of thiophene rings is 1. The Bertz CT molecular complexity index is 2280. The van der Waals surface area contributed by atoms with E-state index in [1.54, 1.807) is 54.6 Å². The first kappa shape index (κ1) is 42.3. The van der Waals surface area contributed by atoms with E-state index in [1.165, 1.54) is 23.5 Å². The molecule has 2 aliphatic heterocycles. The lowest BCUT2D eigenvalue weighted by Gasteiger charge is -2.26. The number of anilines is 1. The number of ketones is 1. The molecule has 4 amide bonds. The van der Waals surface area contributed by atoms with Gasteiger partial charge in [-0.15, -0.1) is 11.3 Å². The first-order valence-electron chi connectivity index (χ1n) is 18.9. The fourth-order valence-electron chi connectivity index (χ4n) is 6.82. The summed E-state index contributed by atoms with van der Waals surface area (Å²) >= 11 is 1.40. The highest BCUT2D eigenvalue weighted by atomic mass is 32.1. The second kappa shape index (κ2) is 18.9. The molecule has 59 heavy (non-hydrogen) atoms. The van der Waals surface area contributed by atoms with E-state index in [4.69, 9.17) is 0 Å². The minimum absolute atomic E-state index is 0.00419. The standard InChI is InChI=1S/C44H41F3N4O7S/c45-44(46,47)31-14-10-28(11-15-31)22-35-41(55)50-34(21-26-6-2-1-3-7-26)37(52)24-30(43(57)58)20-27-12-16-32(17-13-27)48-39(53)18-19-40(54)49-36(42(56)51-35)25-33-23-29-8-4-5-9-38(29)59-33/h1-17,23,30,34-36H,18-22,24-25H2,(H,48,53)(H,49,54)(H,50,55)(H,51,56)(H,57,58)/t30-,34-,35+,36-/m1/s1. The van der Waals surface area contributed by atoms with Crippen LogP contribution in [0.2, 0.25) is 0 Å². The molecule has 1 aromatic heterocycles. The van der Waals surface area contributed by atoms with Crippen LogP contribution in [0.1, 0.15) is 46.4 Å². The predicted octanol–water partition coefficient (Wildman–Crippen LogP) is 6.04. The van der Waals surface area contributed by atoms with Crippen molar-refractivity contribution >= 4 is 62.5 Å². The van der Waals surface area contributed by atoms with Crippen LogP contribution in [0.5, 0.6) is 0 Å². The van der Waals surface area contributed by atoms with E-state index < -0.39 is 77.6 Å². The molecule has 2 aliphatic rings. The Morgan fingerprint density at radius 2 is 1.25 bits per heavy atom. The number of halogens is 3. The van der Waals surface area contributed by atoms with Gasteiger partial charge in [-0.25, -0.2) is 0 Å². The lowest BCUT2D eigenvalue weighted by molar-refractivity contribution is -0.144. The van der Waals surface area contributed by atoms with Crippen molar-refractivity contribution in [1.82, 2.24) is 16.0 Å². The predicted molar refractivity (Wildman–Crippen MR) is 215 cm³/mol. The van der Waals surface area contributed by atoms with Gasteiger partial charge >= 0.3 is 12.1 Å². The smallest absolute Gasteiger partial charge is 0.416 e. The Morgan fingerprint density at radius 3 is 1.92 bits per heavy atom. The number of hydrogen-bond donors (Lipinski definition) is 5. The molecule has 7 rings (SSSR count). The third-order valence-electron chi connectivity index (χ3n) is 9.97. The van der Waals surface area contributed by atoms with Crippen LogP contribution in [0.3, 0.4) is 0 Å². The van der Waals surface area contributed by atoms with Crippen molar-refractivity contribution in [1.29, 1.82) is 0 Å². The van der Waals surface area contributed by atoms with Crippen molar-refractivity contribution in [3.05, 3.63) is 136 Å². The van der Waals surface area contributed by atoms with Crippen LogP contribution in [0.25, 0.3) is 10.1 Å². The van der Waals surface area contributed by atoms with Crippen LogP contribution in [-0.2, 0) is 60.6 Å². The maximum absolute atomic E-state index is 14.3. The number of carbonyl (C=O) groups is 6. The van der Waals surface area contributed by atoms with Crippen molar-refractivity contribution in [3.8, 4) is 0 Å². The summed E-state index contributed by atoms with van der Waals surface area (Å²) in [6.07, 6.45) is -6.01. The second-order valence-electron chi connectivity index (χ2n) is 14.4. The average Bonchev–Trinajstić information content (AvgIpc) is 3.62. The van der Waals surface area contributed by atoms with Crippen molar-refractivity contribution in [2.45, 2.75) is 69.2 Å². The van der Waals surface area contributed by atoms with Crippen LogP contribution >= 0.6 is 11.3 Å². The molecule has 0 fully saturated rings. The van der Waals surface area contributed by atoms with E-state index in [2.05, 4.69) is 21.3 Å². The van der Waals surface area contributed by atoms with Gasteiger partial charge in [0, 0.05) is 47.4 Å². The number of amides is 4. The number of nitrogens with one attached hydrogen (secondary N) is 4. The third-order valence-corrected chi connectivity index (χ3v) is 11.1. The Kier molecular flexibility index (Phi) is 13.6. The van der Waals surface area contributed by atoms with Gasteiger partial charge in [-0.2, -0.15) is 13.2 Å². The average molecular weight is 827 g/mol. The molecule has 306 valence electrons. The highest BCUT2D eigenvalue weighted by Gasteiger charge is 2.34. The van der Waals surface area contributed by atoms with Gasteiger partial charge in [0.2, 0.25) is 23.6 Å². The third kappa shape index (κ3) is 11.9. The Hall–Kier alpha value is -6.35. The number of Topliss-reactive ketones (excluding diaryl/α,β-unsaturated/α-hetero) is 1. The zero-order valence-electron chi connectivity index (χ0n) is 31.6. The van der Waals surface area contributed by atoms with Crippen molar-refractivity contribution in [2.75, 3.05) is 5.32 Å². The molecule has 0 spiro atoms. The van der Waals surface area contributed by atoms with Crippen LogP contribution < -0.4 is 21.3 Å². The first-order chi connectivity index (χ1) is 28.2.